The van der Waals surface area contributed by atoms with Gasteiger partial charge >= 0.3 is 0 Å². The van der Waals surface area contributed by atoms with Crippen LogP contribution in [0.1, 0.15) is 13.3 Å². The number of nitrogens with two attached hydrogens (primary N) is 1. The van der Waals surface area contributed by atoms with Crippen LogP contribution in [0.2, 0.25) is 0 Å². The van der Waals surface area contributed by atoms with Crippen LogP contribution >= 0.6 is 0 Å². The number of aromatic nitrogens is 2. The van der Waals surface area contributed by atoms with Gasteiger partial charge in [-0.2, -0.15) is 4.98 Å². The van der Waals surface area contributed by atoms with Crippen molar-refractivity contribution in [3.05, 3.63) is 12.0 Å². The maximum absolute atomic E-state index is 13.4. The summed E-state index contributed by atoms with van der Waals surface area (Å²) in [7, 11) is 0. The Hall–Kier alpha value is -1.47. The predicted octanol–water partition coefficient (Wildman–Crippen LogP) is 0.492. The Morgan fingerprint density at radius 2 is 2.44 bits per heavy atom. The van der Waals surface area contributed by atoms with Crippen LogP contribution in [0.3, 0.4) is 0 Å². The summed E-state index contributed by atoms with van der Waals surface area (Å²) in [4.78, 5) is 7.57. The van der Waals surface area contributed by atoms with Gasteiger partial charge in [0.1, 0.15) is 0 Å². The third-order valence-corrected chi connectivity index (χ3v) is 2.51. The number of halogens is 1. The maximum Gasteiger partial charge on any atom is 0.239 e. The third kappa shape index (κ3) is 2.20. The van der Waals surface area contributed by atoms with Gasteiger partial charge in [-0.1, -0.05) is 0 Å². The molecule has 88 valence electrons. The van der Waals surface area contributed by atoms with Crippen molar-refractivity contribution in [3.8, 4) is 0 Å². The molecule has 1 aliphatic heterocycles. The fourth-order valence-electron chi connectivity index (χ4n) is 1.58. The molecule has 1 aliphatic rings. The summed E-state index contributed by atoms with van der Waals surface area (Å²) in [6, 6.07) is 0. The van der Waals surface area contributed by atoms with Crippen LogP contribution in [-0.2, 0) is 4.74 Å². The van der Waals surface area contributed by atoms with Gasteiger partial charge in [-0.15, -0.1) is 0 Å². The number of hydrogen-bond donors (Lipinski definition) is 3. The minimum absolute atomic E-state index is 0.135. The Morgan fingerprint density at radius 1 is 1.62 bits per heavy atom. The lowest BCUT2D eigenvalue weighted by Crippen LogP contribution is -2.36. The zero-order chi connectivity index (χ0) is 11.6. The van der Waals surface area contributed by atoms with Crippen LogP contribution in [0.5, 0.6) is 0 Å². The van der Waals surface area contributed by atoms with E-state index in [0.717, 1.165) is 12.6 Å². The topological polar surface area (TPSA) is 85.1 Å². The smallest absolute Gasteiger partial charge is 0.239 e. The minimum Gasteiger partial charge on any atom is -0.379 e. The molecule has 4 N–H and O–H groups in total. The number of hydrogen-bond acceptors (Lipinski definition) is 6. The van der Waals surface area contributed by atoms with Gasteiger partial charge in [-0.3, -0.25) is 5.43 Å². The molecular weight excluding hydrogens is 213 g/mol. The Labute approximate surface area is 92.4 Å². The van der Waals surface area contributed by atoms with E-state index in [1.165, 1.54) is 0 Å². The molecule has 2 heterocycles. The quantitative estimate of drug-likeness (QED) is 0.515. The summed E-state index contributed by atoms with van der Waals surface area (Å²) in [5.74, 6) is 4.96. The SMILES string of the molecule is CC1(Nc2nc(NN)ncc2F)CCOC1. The van der Waals surface area contributed by atoms with Gasteiger partial charge in [-0.25, -0.2) is 15.2 Å². The monoisotopic (exact) mass is 227 g/mol. The van der Waals surface area contributed by atoms with E-state index >= 15 is 0 Å². The molecule has 1 fully saturated rings. The van der Waals surface area contributed by atoms with Gasteiger partial charge in [-0.05, 0) is 13.3 Å². The lowest BCUT2D eigenvalue weighted by Gasteiger charge is -2.24. The lowest BCUT2D eigenvalue weighted by atomic mass is 10.0. The van der Waals surface area contributed by atoms with Crippen LogP contribution in [0.4, 0.5) is 16.2 Å². The van der Waals surface area contributed by atoms with Crippen molar-refractivity contribution < 1.29 is 9.13 Å². The van der Waals surface area contributed by atoms with Gasteiger partial charge in [0, 0.05) is 6.61 Å². The van der Waals surface area contributed by atoms with E-state index in [1.54, 1.807) is 0 Å². The average Bonchev–Trinajstić information content (AvgIpc) is 2.68. The van der Waals surface area contributed by atoms with Crippen LogP contribution in [0.25, 0.3) is 0 Å². The van der Waals surface area contributed by atoms with Crippen LogP contribution < -0.4 is 16.6 Å². The number of nitrogens with one attached hydrogen (secondary N) is 2. The van der Waals surface area contributed by atoms with Crippen molar-refractivity contribution in [1.29, 1.82) is 0 Å². The Bertz CT molecular complexity index is 380. The fraction of sp³-hybridized carbons (Fsp3) is 0.556. The Balaban J connectivity index is 2.19. The van der Waals surface area contributed by atoms with Gasteiger partial charge in [0.05, 0.1) is 18.3 Å². The van der Waals surface area contributed by atoms with E-state index in [0.29, 0.717) is 13.2 Å². The van der Waals surface area contributed by atoms with E-state index in [9.17, 15) is 4.39 Å². The summed E-state index contributed by atoms with van der Waals surface area (Å²) >= 11 is 0. The number of nitrogens with zero attached hydrogens (tertiary/aromatic N) is 2. The van der Waals surface area contributed by atoms with E-state index < -0.39 is 5.82 Å². The Morgan fingerprint density at radius 3 is 3.06 bits per heavy atom. The molecular formula is C9H14FN5O. The first-order valence-corrected chi connectivity index (χ1v) is 4.98. The van der Waals surface area contributed by atoms with Crippen molar-refractivity contribution in [3.63, 3.8) is 0 Å². The van der Waals surface area contributed by atoms with Crippen molar-refractivity contribution in [2.24, 2.45) is 5.84 Å². The summed E-state index contributed by atoms with van der Waals surface area (Å²) in [6.07, 6.45) is 1.88. The molecule has 0 bridgehead atoms. The maximum atomic E-state index is 13.4. The highest BCUT2D eigenvalue weighted by Gasteiger charge is 2.30. The van der Waals surface area contributed by atoms with Crippen LogP contribution in [0.15, 0.2) is 6.20 Å². The molecule has 0 amide bonds. The molecule has 2 rings (SSSR count). The molecule has 1 saturated heterocycles. The van der Waals surface area contributed by atoms with Crippen LogP contribution in [-0.4, -0.2) is 28.7 Å². The van der Waals surface area contributed by atoms with E-state index in [4.69, 9.17) is 10.6 Å². The zero-order valence-corrected chi connectivity index (χ0v) is 8.96. The second kappa shape index (κ2) is 4.18. The molecule has 1 aromatic rings. The number of rotatable bonds is 3. The molecule has 1 unspecified atom stereocenters. The predicted molar refractivity (Wildman–Crippen MR) is 57.3 cm³/mol. The Kier molecular flexibility index (Phi) is 2.88. The number of nitrogen functional groups attached to an aromatic ring is 1. The number of anilines is 2. The largest absolute Gasteiger partial charge is 0.379 e. The first-order valence-electron chi connectivity index (χ1n) is 4.98. The highest BCUT2D eigenvalue weighted by molar-refractivity contribution is 5.43. The second-order valence-corrected chi connectivity index (χ2v) is 4.02. The third-order valence-electron chi connectivity index (χ3n) is 2.51. The molecule has 0 aromatic carbocycles. The fourth-order valence-corrected chi connectivity index (χ4v) is 1.58. The molecule has 0 saturated carbocycles. The van der Waals surface area contributed by atoms with Crippen LogP contribution in [0, 0.1) is 5.82 Å². The zero-order valence-electron chi connectivity index (χ0n) is 8.96. The molecule has 6 nitrogen and oxygen atoms in total. The first-order chi connectivity index (χ1) is 7.63. The van der Waals surface area contributed by atoms with Crippen molar-refractivity contribution >= 4 is 11.8 Å². The average molecular weight is 227 g/mol. The second-order valence-electron chi connectivity index (χ2n) is 4.02. The minimum atomic E-state index is -0.507. The molecule has 0 spiro atoms. The summed E-state index contributed by atoms with van der Waals surface area (Å²) in [5.41, 5.74) is 1.98. The summed E-state index contributed by atoms with van der Waals surface area (Å²) < 4.78 is 18.7. The van der Waals surface area contributed by atoms with Crippen molar-refractivity contribution in [1.82, 2.24) is 9.97 Å². The van der Waals surface area contributed by atoms with E-state index in [2.05, 4.69) is 20.7 Å². The standard InChI is InChI=1S/C9H14FN5O/c1-9(2-3-16-5-9)14-7-6(10)4-12-8(13-7)15-11/h4H,2-3,5,11H2,1H3,(H2,12,13,14,15). The molecule has 0 aliphatic carbocycles. The van der Waals surface area contributed by atoms with Gasteiger partial charge in [0.15, 0.2) is 11.6 Å². The summed E-state index contributed by atoms with van der Waals surface area (Å²) in [5, 5.41) is 3.01. The molecule has 1 atom stereocenters. The van der Waals surface area contributed by atoms with Crippen molar-refractivity contribution in [2.75, 3.05) is 24.0 Å². The van der Waals surface area contributed by atoms with Crippen molar-refractivity contribution in [2.45, 2.75) is 18.9 Å². The molecule has 1 aromatic heterocycles. The molecule has 7 heteroatoms. The van der Waals surface area contributed by atoms with Gasteiger partial charge in [0.2, 0.25) is 5.95 Å². The van der Waals surface area contributed by atoms with E-state index in [1.807, 2.05) is 6.92 Å². The highest BCUT2D eigenvalue weighted by Crippen LogP contribution is 2.24. The summed E-state index contributed by atoms with van der Waals surface area (Å²) in [6.45, 7) is 3.15. The lowest BCUT2D eigenvalue weighted by molar-refractivity contribution is 0.185. The van der Waals surface area contributed by atoms with Gasteiger partial charge < -0.3 is 10.1 Å². The number of hydrazine groups is 1. The number of ether oxygens (including phenoxy) is 1. The molecule has 16 heavy (non-hydrogen) atoms. The first kappa shape index (κ1) is 11.0. The highest BCUT2D eigenvalue weighted by atomic mass is 19.1. The van der Waals surface area contributed by atoms with E-state index in [-0.39, 0.29) is 17.3 Å². The normalized spacial score (nSPS) is 24.4. The van der Waals surface area contributed by atoms with Gasteiger partial charge in [0.25, 0.3) is 0 Å². The molecule has 0 radical (unpaired) electrons.